The fourth-order valence-electron chi connectivity index (χ4n) is 2.76. The van der Waals surface area contributed by atoms with Crippen LogP contribution in [-0.4, -0.2) is 59.0 Å². The van der Waals surface area contributed by atoms with E-state index in [1.54, 1.807) is 36.3 Å². The third kappa shape index (κ3) is 3.26. The maximum absolute atomic E-state index is 12.3. The first-order valence-electron chi connectivity index (χ1n) is 7.27. The second-order valence-corrected chi connectivity index (χ2v) is 6.30. The zero-order chi connectivity index (χ0) is 16.4. The lowest BCUT2D eigenvalue weighted by Gasteiger charge is -2.22. The van der Waals surface area contributed by atoms with Gasteiger partial charge in [-0.25, -0.2) is 4.79 Å². The molecule has 0 spiro atoms. The number of carbonyl (C=O) groups excluding carboxylic acids is 3. The van der Waals surface area contributed by atoms with E-state index in [1.165, 1.54) is 4.90 Å². The summed E-state index contributed by atoms with van der Waals surface area (Å²) >= 11 is 1.02. The van der Waals surface area contributed by atoms with Crippen molar-refractivity contribution >= 4 is 34.6 Å². The molecule has 0 radical (unpaired) electrons. The van der Waals surface area contributed by atoms with Crippen molar-refractivity contribution in [2.75, 3.05) is 31.3 Å². The molecule has 0 aliphatic carbocycles. The monoisotopic (exact) mass is 335 g/mol. The SMILES string of the molecule is COc1cccc(NC(=O)N2CCC(N3C(=O)CSC3=O)C2)c1. The van der Waals surface area contributed by atoms with Gasteiger partial charge in [0.15, 0.2) is 0 Å². The summed E-state index contributed by atoms with van der Waals surface area (Å²) < 4.78 is 5.12. The Morgan fingerprint density at radius 2 is 2.22 bits per heavy atom. The number of nitrogens with one attached hydrogen (secondary N) is 1. The summed E-state index contributed by atoms with van der Waals surface area (Å²) in [6, 6.07) is 6.63. The van der Waals surface area contributed by atoms with E-state index >= 15 is 0 Å². The Morgan fingerprint density at radius 3 is 2.91 bits per heavy atom. The number of imide groups is 1. The van der Waals surface area contributed by atoms with Crippen LogP contribution in [0.4, 0.5) is 15.3 Å². The van der Waals surface area contributed by atoms with Crippen molar-refractivity contribution in [3.05, 3.63) is 24.3 Å². The number of benzene rings is 1. The Balaban J connectivity index is 1.61. The molecule has 8 heteroatoms. The second kappa shape index (κ2) is 6.49. The van der Waals surface area contributed by atoms with Gasteiger partial charge in [0.25, 0.3) is 5.24 Å². The van der Waals surface area contributed by atoms with Crippen LogP contribution < -0.4 is 10.1 Å². The summed E-state index contributed by atoms with van der Waals surface area (Å²) in [7, 11) is 1.56. The number of likely N-dealkylation sites (tertiary alicyclic amines) is 1. The van der Waals surface area contributed by atoms with Gasteiger partial charge in [0.1, 0.15) is 5.75 Å². The number of carbonyl (C=O) groups is 3. The minimum atomic E-state index is -0.243. The summed E-state index contributed by atoms with van der Waals surface area (Å²) in [5.74, 6) is 0.693. The number of urea groups is 1. The van der Waals surface area contributed by atoms with Crippen LogP contribution in [0.25, 0.3) is 0 Å². The summed E-state index contributed by atoms with van der Waals surface area (Å²) in [4.78, 5) is 38.7. The Morgan fingerprint density at radius 1 is 1.39 bits per heavy atom. The highest BCUT2D eigenvalue weighted by atomic mass is 32.2. The van der Waals surface area contributed by atoms with Crippen molar-refractivity contribution in [2.24, 2.45) is 0 Å². The van der Waals surface area contributed by atoms with Gasteiger partial charge in [0, 0.05) is 24.8 Å². The van der Waals surface area contributed by atoms with Crippen LogP contribution in [0.2, 0.25) is 0 Å². The molecule has 0 aromatic heterocycles. The van der Waals surface area contributed by atoms with Gasteiger partial charge in [-0.1, -0.05) is 17.8 Å². The number of hydrogen-bond donors (Lipinski definition) is 1. The van der Waals surface area contributed by atoms with E-state index in [2.05, 4.69) is 5.32 Å². The summed E-state index contributed by atoms with van der Waals surface area (Å²) in [5.41, 5.74) is 0.640. The quantitative estimate of drug-likeness (QED) is 0.914. The van der Waals surface area contributed by atoms with Crippen molar-refractivity contribution in [3.63, 3.8) is 0 Å². The van der Waals surface area contributed by atoms with Crippen LogP contribution in [0.1, 0.15) is 6.42 Å². The molecule has 1 atom stereocenters. The van der Waals surface area contributed by atoms with Crippen molar-refractivity contribution in [2.45, 2.75) is 12.5 Å². The zero-order valence-electron chi connectivity index (χ0n) is 12.7. The summed E-state index contributed by atoms with van der Waals surface area (Å²) in [5, 5.41) is 2.59. The third-order valence-electron chi connectivity index (χ3n) is 3.92. The number of amides is 4. The van der Waals surface area contributed by atoms with Crippen molar-refractivity contribution in [1.82, 2.24) is 9.80 Å². The molecule has 122 valence electrons. The Hall–Kier alpha value is -2.22. The summed E-state index contributed by atoms with van der Waals surface area (Å²) in [6.07, 6.45) is 0.615. The predicted octanol–water partition coefficient (Wildman–Crippen LogP) is 2.00. The first kappa shape index (κ1) is 15.7. The molecule has 1 aromatic carbocycles. The van der Waals surface area contributed by atoms with Crippen LogP contribution in [0.3, 0.4) is 0 Å². The lowest BCUT2D eigenvalue weighted by molar-refractivity contribution is -0.126. The van der Waals surface area contributed by atoms with Gasteiger partial charge in [0.05, 0.1) is 18.9 Å². The second-order valence-electron chi connectivity index (χ2n) is 5.37. The Kier molecular flexibility index (Phi) is 4.42. The van der Waals surface area contributed by atoms with Crippen molar-refractivity contribution in [3.8, 4) is 5.75 Å². The maximum Gasteiger partial charge on any atom is 0.321 e. The van der Waals surface area contributed by atoms with Gasteiger partial charge in [-0.2, -0.15) is 0 Å². The summed E-state index contributed by atoms with van der Waals surface area (Å²) in [6.45, 7) is 0.885. The molecule has 4 amide bonds. The van der Waals surface area contributed by atoms with Crippen LogP contribution >= 0.6 is 11.8 Å². The molecule has 2 heterocycles. The van der Waals surface area contributed by atoms with E-state index in [-0.39, 0.29) is 29.0 Å². The molecule has 2 fully saturated rings. The lowest BCUT2D eigenvalue weighted by Crippen LogP contribution is -2.42. The van der Waals surface area contributed by atoms with Gasteiger partial charge in [0.2, 0.25) is 5.91 Å². The third-order valence-corrected chi connectivity index (χ3v) is 4.76. The molecule has 0 saturated carbocycles. The molecule has 2 aliphatic rings. The smallest absolute Gasteiger partial charge is 0.321 e. The highest BCUT2D eigenvalue weighted by Crippen LogP contribution is 2.26. The number of ether oxygens (including phenoxy) is 1. The number of anilines is 1. The Bertz CT molecular complexity index is 635. The van der Waals surface area contributed by atoms with Gasteiger partial charge in [-0.15, -0.1) is 0 Å². The molecule has 23 heavy (non-hydrogen) atoms. The van der Waals surface area contributed by atoms with E-state index in [4.69, 9.17) is 4.74 Å². The average Bonchev–Trinajstić information content (AvgIpc) is 3.14. The molecule has 3 rings (SSSR count). The van der Waals surface area contributed by atoms with Crippen molar-refractivity contribution < 1.29 is 19.1 Å². The molecule has 7 nitrogen and oxygen atoms in total. The van der Waals surface area contributed by atoms with Gasteiger partial charge in [-0.05, 0) is 18.6 Å². The normalized spacial score (nSPS) is 21.0. The molecular weight excluding hydrogens is 318 g/mol. The van der Waals surface area contributed by atoms with Crippen LogP contribution in [0.15, 0.2) is 24.3 Å². The van der Waals surface area contributed by atoms with E-state index in [0.717, 1.165) is 11.8 Å². The lowest BCUT2D eigenvalue weighted by atomic mass is 10.2. The van der Waals surface area contributed by atoms with Crippen molar-refractivity contribution in [1.29, 1.82) is 0 Å². The largest absolute Gasteiger partial charge is 0.497 e. The first-order chi connectivity index (χ1) is 11.1. The predicted molar refractivity (Wildman–Crippen MR) is 86.7 cm³/mol. The highest BCUT2D eigenvalue weighted by molar-refractivity contribution is 8.14. The molecule has 1 unspecified atom stereocenters. The molecular formula is C15H17N3O4S. The van der Waals surface area contributed by atoms with E-state index in [1.807, 2.05) is 0 Å². The molecule has 1 aromatic rings. The molecule has 2 saturated heterocycles. The van der Waals surface area contributed by atoms with E-state index in [0.29, 0.717) is 30.9 Å². The minimum absolute atomic E-state index is 0.167. The van der Waals surface area contributed by atoms with E-state index in [9.17, 15) is 14.4 Å². The molecule has 2 aliphatic heterocycles. The fourth-order valence-corrected chi connectivity index (χ4v) is 3.53. The molecule has 0 bridgehead atoms. The highest BCUT2D eigenvalue weighted by Gasteiger charge is 2.40. The topological polar surface area (TPSA) is 79.0 Å². The van der Waals surface area contributed by atoms with Crippen LogP contribution in [-0.2, 0) is 4.79 Å². The number of rotatable bonds is 3. The molecule has 1 N–H and O–H groups in total. The van der Waals surface area contributed by atoms with E-state index < -0.39 is 0 Å². The Labute approximate surface area is 137 Å². The number of hydrogen-bond acceptors (Lipinski definition) is 5. The van der Waals surface area contributed by atoms with Crippen LogP contribution in [0, 0.1) is 0 Å². The van der Waals surface area contributed by atoms with Crippen LogP contribution in [0.5, 0.6) is 5.75 Å². The maximum atomic E-state index is 12.3. The number of thioether (sulfide) groups is 1. The number of nitrogens with zero attached hydrogens (tertiary/aromatic N) is 2. The standard InChI is InChI=1S/C15H17N3O4S/c1-22-12-4-2-3-10(7-12)16-14(20)17-6-5-11(8-17)18-13(19)9-23-15(18)21/h2-4,7,11H,5-6,8-9H2,1H3,(H,16,20). The zero-order valence-corrected chi connectivity index (χ0v) is 13.5. The van der Waals surface area contributed by atoms with Gasteiger partial charge < -0.3 is 15.0 Å². The minimum Gasteiger partial charge on any atom is -0.497 e. The number of methoxy groups -OCH3 is 1. The van der Waals surface area contributed by atoms with Gasteiger partial charge >= 0.3 is 6.03 Å². The first-order valence-corrected chi connectivity index (χ1v) is 8.26. The average molecular weight is 335 g/mol. The fraction of sp³-hybridized carbons (Fsp3) is 0.400. The van der Waals surface area contributed by atoms with Gasteiger partial charge in [-0.3, -0.25) is 14.5 Å².